The number of nitrogens with two attached hydrogens (primary N) is 1. The molecular weight excluding hydrogens is 1050 g/mol. The minimum absolute atomic E-state index is 0.237. The molecule has 0 saturated carbocycles. The summed E-state index contributed by atoms with van der Waals surface area (Å²) in [7, 11) is 1.35. The third kappa shape index (κ3) is 74.5. The Morgan fingerprint density at radius 2 is 0.291 bits per heavy atom. The molecule has 0 atom stereocenters. The number of methoxy groups -OCH3 is 1. The molecule has 0 spiro atoms. The van der Waals surface area contributed by atoms with Gasteiger partial charge in [0.15, 0.2) is 0 Å². The van der Waals surface area contributed by atoms with Gasteiger partial charge in [-0.1, -0.05) is 0 Å². The molecule has 2 N–H and O–H groups in total. The van der Waals surface area contributed by atoms with Crippen LogP contribution in [0.3, 0.4) is 0 Å². The van der Waals surface area contributed by atoms with E-state index in [1.54, 1.807) is 0 Å². The van der Waals surface area contributed by atoms with Crippen molar-refractivity contribution < 1.29 is 123 Å². The van der Waals surface area contributed by atoms with Crippen LogP contribution in [0.4, 0.5) is 0 Å². The average molecular weight is 1160 g/mol. The Morgan fingerprint density at radius 1 is 0.190 bits per heavy atom. The van der Waals surface area contributed by atoms with Crippen LogP contribution in [-0.2, 0) is 123 Å². The first kappa shape index (κ1) is 77.5. The van der Waals surface area contributed by atoms with Gasteiger partial charge in [-0.15, -0.1) is 0 Å². The zero-order valence-corrected chi connectivity index (χ0v) is 48.0. The van der Waals surface area contributed by atoms with E-state index in [0.717, 1.165) is 0 Å². The summed E-state index contributed by atoms with van der Waals surface area (Å²) in [6.45, 7) is 23.8. The van der Waals surface area contributed by atoms with E-state index in [1.165, 1.54) is 7.11 Å². The summed E-state index contributed by atoms with van der Waals surface area (Å²) in [6.07, 6.45) is 0.237. The van der Waals surface area contributed by atoms with Gasteiger partial charge in [0.05, 0.1) is 331 Å². The Morgan fingerprint density at radius 3 is 0.392 bits per heavy atom. The molecule has 79 heavy (non-hydrogen) atoms. The van der Waals surface area contributed by atoms with E-state index in [0.29, 0.717) is 324 Å². The van der Waals surface area contributed by atoms with Gasteiger partial charge in [0, 0.05) is 6.54 Å². The number of carbonyl (C=O) groups excluding carboxylic acids is 1. The van der Waals surface area contributed by atoms with E-state index in [1.807, 2.05) is 0 Å². The van der Waals surface area contributed by atoms with Crippen LogP contribution in [-0.4, -0.2) is 337 Å². The minimum Gasteiger partial charge on any atom is -0.469 e. The summed E-state index contributed by atoms with van der Waals surface area (Å²) in [5, 5.41) is 0. The summed E-state index contributed by atoms with van der Waals surface area (Å²) >= 11 is 0. The fraction of sp³-hybridized carbons (Fsp3) is 0.981. The van der Waals surface area contributed by atoms with Crippen molar-refractivity contribution in [1.82, 2.24) is 0 Å². The number of hydrogen-bond donors (Lipinski definition) is 1. The molecule has 474 valence electrons. The van der Waals surface area contributed by atoms with Crippen LogP contribution < -0.4 is 5.73 Å². The monoisotopic (exact) mass is 1160 g/mol. The van der Waals surface area contributed by atoms with E-state index in [9.17, 15) is 4.79 Å². The number of rotatable bonds is 74. The van der Waals surface area contributed by atoms with Crippen molar-refractivity contribution in [3.8, 4) is 0 Å². The molecule has 0 saturated heterocycles. The summed E-state index contributed by atoms with van der Waals surface area (Å²) in [6, 6.07) is 0. The van der Waals surface area contributed by atoms with Crippen LogP contribution in [0.1, 0.15) is 6.42 Å². The topological polar surface area (TPSA) is 274 Å². The lowest BCUT2D eigenvalue weighted by Crippen LogP contribution is -2.16. The zero-order chi connectivity index (χ0) is 56.6. The van der Waals surface area contributed by atoms with Gasteiger partial charge < -0.3 is 124 Å². The van der Waals surface area contributed by atoms with Gasteiger partial charge in [0.25, 0.3) is 0 Å². The Balaban J connectivity index is 3.08. The second kappa shape index (κ2) is 74.5. The first-order valence-corrected chi connectivity index (χ1v) is 27.9. The molecule has 0 unspecified atom stereocenters. The van der Waals surface area contributed by atoms with Crippen molar-refractivity contribution in [1.29, 1.82) is 0 Å². The summed E-state index contributed by atoms with van der Waals surface area (Å²) in [5.41, 5.74) is 5.35. The lowest BCUT2D eigenvalue weighted by atomic mass is 10.5. The molecule has 0 aromatic rings. The van der Waals surface area contributed by atoms with E-state index < -0.39 is 0 Å². The van der Waals surface area contributed by atoms with Gasteiger partial charge in [-0.25, -0.2) is 0 Å². The van der Waals surface area contributed by atoms with Crippen molar-refractivity contribution in [2.45, 2.75) is 6.42 Å². The first-order chi connectivity index (χ1) is 39.3. The lowest BCUT2D eigenvalue weighted by molar-refractivity contribution is -0.141. The number of ether oxygens (including phenoxy) is 25. The van der Waals surface area contributed by atoms with Gasteiger partial charge in [-0.05, 0) is 0 Å². The smallest absolute Gasteiger partial charge is 0.307 e. The standard InChI is InChI=1S/C52H105NO26/c1-55-52(54)2-4-56-6-8-58-10-12-60-14-16-62-18-20-64-22-24-66-26-28-68-30-32-70-34-36-72-38-40-74-42-44-76-46-48-78-50-51-79-49-47-77-45-43-75-41-39-73-37-35-71-33-31-69-29-27-67-25-23-65-21-19-63-17-15-61-13-11-59-9-7-57-5-3-53/h2-51,53H2,1H3. The maximum Gasteiger partial charge on any atom is 0.307 e. The van der Waals surface area contributed by atoms with Gasteiger partial charge in [-0.2, -0.15) is 0 Å². The third-order valence-corrected chi connectivity index (χ3v) is 9.50. The van der Waals surface area contributed by atoms with Gasteiger partial charge in [0.2, 0.25) is 0 Å². The van der Waals surface area contributed by atoms with Crippen LogP contribution in [0, 0.1) is 0 Å². The molecule has 27 heteroatoms. The molecule has 0 aliphatic heterocycles. The van der Waals surface area contributed by atoms with E-state index >= 15 is 0 Å². The predicted molar refractivity (Wildman–Crippen MR) is 285 cm³/mol. The fourth-order valence-corrected chi connectivity index (χ4v) is 5.50. The quantitative estimate of drug-likeness (QED) is 0.0615. The Hall–Kier alpha value is -1.53. The van der Waals surface area contributed by atoms with Crippen LogP contribution in [0.2, 0.25) is 0 Å². The predicted octanol–water partition coefficient (Wildman–Crippen LogP) is -0.0934. The van der Waals surface area contributed by atoms with Crippen molar-refractivity contribution in [3.05, 3.63) is 0 Å². The molecule has 0 radical (unpaired) electrons. The molecule has 27 nitrogen and oxygen atoms in total. The van der Waals surface area contributed by atoms with Crippen LogP contribution in [0.15, 0.2) is 0 Å². The normalized spacial score (nSPS) is 11.7. The number of hydrogen-bond acceptors (Lipinski definition) is 27. The molecule has 0 fully saturated rings. The Labute approximate surface area is 471 Å². The second-order valence-electron chi connectivity index (χ2n) is 15.8. The molecular formula is C52H105NO26. The highest BCUT2D eigenvalue weighted by molar-refractivity contribution is 5.69. The Bertz CT molecular complexity index is 1100. The van der Waals surface area contributed by atoms with Crippen LogP contribution in [0.25, 0.3) is 0 Å². The second-order valence-corrected chi connectivity index (χ2v) is 15.8. The van der Waals surface area contributed by atoms with Crippen molar-refractivity contribution in [2.75, 3.05) is 331 Å². The molecule has 0 aromatic heterocycles. The number of esters is 1. The van der Waals surface area contributed by atoms with E-state index in [-0.39, 0.29) is 12.4 Å². The fourth-order valence-electron chi connectivity index (χ4n) is 5.50. The summed E-state index contributed by atoms with van der Waals surface area (Å²) in [5.74, 6) is -0.292. The molecule has 0 rings (SSSR count). The van der Waals surface area contributed by atoms with E-state index in [2.05, 4.69) is 4.74 Å². The largest absolute Gasteiger partial charge is 0.469 e. The molecule has 0 amide bonds. The van der Waals surface area contributed by atoms with Crippen molar-refractivity contribution in [2.24, 2.45) is 5.73 Å². The maximum absolute atomic E-state index is 11.0. The van der Waals surface area contributed by atoms with Gasteiger partial charge >= 0.3 is 5.97 Å². The minimum atomic E-state index is -0.292. The highest BCUT2D eigenvalue weighted by atomic mass is 16.6. The summed E-state index contributed by atoms with van der Waals surface area (Å²) in [4.78, 5) is 11.0. The van der Waals surface area contributed by atoms with Gasteiger partial charge in [0.1, 0.15) is 0 Å². The SMILES string of the molecule is COC(=O)CCOCCOCCOCCOCCOCCOCCOCCOCCOCCOCCOCCOCCOCCOCCOCCOCCOCCOCCOCCOCCOCCOCCOCCOCCN. The summed E-state index contributed by atoms with van der Waals surface area (Å²) < 4.78 is 136. The van der Waals surface area contributed by atoms with Crippen molar-refractivity contribution in [3.63, 3.8) is 0 Å². The Kier molecular flexibility index (Phi) is 73.0. The van der Waals surface area contributed by atoms with E-state index in [4.69, 9.17) is 119 Å². The molecule has 0 bridgehead atoms. The highest BCUT2D eigenvalue weighted by Gasteiger charge is 2.02. The molecule has 0 aliphatic carbocycles. The molecule has 0 aliphatic rings. The lowest BCUT2D eigenvalue weighted by Gasteiger charge is -2.09. The molecule has 0 aromatic carbocycles. The third-order valence-electron chi connectivity index (χ3n) is 9.50. The zero-order valence-electron chi connectivity index (χ0n) is 48.0. The number of carbonyl (C=O) groups is 1. The highest BCUT2D eigenvalue weighted by Crippen LogP contribution is 1.92. The maximum atomic E-state index is 11.0. The van der Waals surface area contributed by atoms with Crippen LogP contribution in [0.5, 0.6) is 0 Å². The average Bonchev–Trinajstić information content (AvgIpc) is 3.46. The van der Waals surface area contributed by atoms with Crippen molar-refractivity contribution >= 4 is 5.97 Å². The van der Waals surface area contributed by atoms with Gasteiger partial charge in [-0.3, -0.25) is 4.79 Å². The van der Waals surface area contributed by atoms with Crippen LogP contribution >= 0.6 is 0 Å². The first-order valence-electron chi connectivity index (χ1n) is 27.9. The molecule has 0 heterocycles.